The Hall–Kier alpha value is -7.80. The molecule has 0 bridgehead atoms. The molecule has 0 atom stereocenters. The summed E-state index contributed by atoms with van der Waals surface area (Å²) in [6, 6.07) is 75.1. The van der Waals surface area contributed by atoms with Crippen LogP contribution in [0.3, 0.4) is 0 Å². The van der Waals surface area contributed by atoms with Gasteiger partial charge in [0.15, 0.2) is 0 Å². The van der Waals surface area contributed by atoms with Crippen molar-refractivity contribution in [2.24, 2.45) is 0 Å². The number of nitrogens with zero attached hydrogens (tertiary/aromatic N) is 3. The summed E-state index contributed by atoms with van der Waals surface area (Å²) in [6.07, 6.45) is 1.82. The van der Waals surface area contributed by atoms with Crippen LogP contribution in [0.5, 0.6) is 0 Å². The SMILES string of the molecule is N#Cc1ccc(N(c2ccc(-c3ccc(-c4c5ccccc5c(-c5cccc6ccccc56)c5ccccc45)cc3)cc2)c2ccc(-c3ccccn3)cc2)cc1. The summed E-state index contributed by atoms with van der Waals surface area (Å²) in [6.45, 7) is 0. The Balaban J connectivity index is 1.02. The zero-order valence-corrected chi connectivity index (χ0v) is 31.0. The highest BCUT2D eigenvalue weighted by Crippen LogP contribution is 2.45. The number of anilines is 3. The van der Waals surface area contributed by atoms with Crippen LogP contribution in [0.25, 0.3) is 77.0 Å². The average molecular weight is 726 g/mol. The second kappa shape index (κ2) is 14.5. The number of benzene rings is 9. The molecule has 0 spiro atoms. The van der Waals surface area contributed by atoms with Crippen molar-refractivity contribution < 1.29 is 0 Å². The molecule has 9 aromatic carbocycles. The van der Waals surface area contributed by atoms with E-state index >= 15 is 0 Å². The van der Waals surface area contributed by atoms with E-state index in [9.17, 15) is 5.26 Å². The number of rotatable bonds is 7. The number of fused-ring (bicyclic) bond motifs is 3. The molecule has 3 nitrogen and oxygen atoms in total. The first kappa shape index (κ1) is 33.7. The van der Waals surface area contributed by atoms with Crippen molar-refractivity contribution in [3.8, 4) is 50.7 Å². The Labute approximate surface area is 332 Å². The van der Waals surface area contributed by atoms with Crippen LogP contribution in [0.4, 0.5) is 17.1 Å². The normalized spacial score (nSPS) is 11.1. The van der Waals surface area contributed by atoms with Crippen molar-refractivity contribution in [1.82, 2.24) is 4.98 Å². The zero-order chi connectivity index (χ0) is 38.1. The van der Waals surface area contributed by atoms with E-state index in [0.29, 0.717) is 5.56 Å². The molecule has 57 heavy (non-hydrogen) atoms. The molecule has 0 saturated heterocycles. The van der Waals surface area contributed by atoms with Crippen LogP contribution in [-0.4, -0.2) is 4.98 Å². The van der Waals surface area contributed by atoms with Gasteiger partial charge < -0.3 is 4.90 Å². The van der Waals surface area contributed by atoms with E-state index in [1.165, 1.54) is 54.6 Å². The molecule has 3 heteroatoms. The van der Waals surface area contributed by atoms with Gasteiger partial charge in [-0.25, -0.2) is 0 Å². The van der Waals surface area contributed by atoms with Crippen LogP contribution >= 0.6 is 0 Å². The highest BCUT2D eigenvalue weighted by molar-refractivity contribution is 6.23. The van der Waals surface area contributed by atoms with Gasteiger partial charge in [-0.3, -0.25) is 4.98 Å². The number of hydrogen-bond donors (Lipinski definition) is 0. The lowest BCUT2D eigenvalue weighted by atomic mass is 9.84. The van der Waals surface area contributed by atoms with Crippen molar-refractivity contribution in [3.05, 3.63) is 218 Å². The Kier molecular flexibility index (Phi) is 8.56. The van der Waals surface area contributed by atoms with Crippen molar-refractivity contribution in [1.29, 1.82) is 5.26 Å². The standard InChI is InChI=1S/C54H35N3/c55-36-37-19-29-43(30-20-37)57(45-33-27-41(28-34-45)52-18-7-8-35-56-52)44-31-25-39(26-32-44)38-21-23-42(24-22-38)53-48-13-3-5-15-50(48)54(51-16-6-4-14-49(51)53)47-17-9-11-40-10-1-2-12-46(40)47/h1-35H. The summed E-state index contributed by atoms with van der Waals surface area (Å²) in [5.41, 5.74) is 12.9. The molecule has 0 N–H and O–H groups in total. The van der Waals surface area contributed by atoms with Gasteiger partial charge in [0.1, 0.15) is 0 Å². The average Bonchev–Trinajstić information content (AvgIpc) is 3.29. The van der Waals surface area contributed by atoms with Gasteiger partial charge >= 0.3 is 0 Å². The summed E-state index contributed by atoms with van der Waals surface area (Å²) < 4.78 is 0. The van der Waals surface area contributed by atoms with E-state index < -0.39 is 0 Å². The number of aromatic nitrogens is 1. The maximum Gasteiger partial charge on any atom is 0.0991 e. The molecule has 0 saturated carbocycles. The lowest BCUT2D eigenvalue weighted by Crippen LogP contribution is -2.09. The largest absolute Gasteiger partial charge is 0.311 e. The summed E-state index contributed by atoms with van der Waals surface area (Å²) in [7, 11) is 0. The molecule has 0 aliphatic rings. The van der Waals surface area contributed by atoms with Gasteiger partial charge in [0.05, 0.1) is 17.3 Å². The summed E-state index contributed by atoms with van der Waals surface area (Å²) in [5.74, 6) is 0. The molecule has 10 aromatic rings. The van der Waals surface area contributed by atoms with E-state index in [2.05, 4.69) is 180 Å². The molecule has 1 aromatic heterocycles. The molecular formula is C54H35N3. The Bertz CT molecular complexity index is 3030. The fraction of sp³-hybridized carbons (Fsp3) is 0. The number of nitriles is 1. The lowest BCUT2D eigenvalue weighted by molar-refractivity contribution is 1.27. The third-order valence-electron chi connectivity index (χ3n) is 11.0. The minimum absolute atomic E-state index is 0.629. The number of hydrogen-bond acceptors (Lipinski definition) is 3. The van der Waals surface area contributed by atoms with E-state index in [0.717, 1.165) is 39.4 Å². The summed E-state index contributed by atoms with van der Waals surface area (Å²) in [4.78, 5) is 6.74. The monoisotopic (exact) mass is 725 g/mol. The fourth-order valence-corrected chi connectivity index (χ4v) is 8.25. The van der Waals surface area contributed by atoms with Crippen LogP contribution < -0.4 is 4.90 Å². The van der Waals surface area contributed by atoms with Gasteiger partial charge in [0.2, 0.25) is 0 Å². The zero-order valence-electron chi connectivity index (χ0n) is 31.0. The molecule has 0 aliphatic heterocycles. The smallest absolute Gasteiger partial charge is 0.0991 e. The topological polar surface area (TPSA) is 39.9 Å². The Morgan fingerprint density at radius 1 is 0.368 bits per heavy atom. The first-order chi connectivity index (χ1) is 28.2. The van der Waals surface area contributed by atoms with Crippen LogP contribution in [0.2, 0.25) is 0 Å². The maximum absolute atomic E-state index is 9.47. The molecule has 0 amide bonds. The first-order valence-electron chi connectivity index (χ1n) is 19.2. The molecule has 1 heterocycles. The van der Waals surface area contributed by atoms with Crippen LogP contribution in [0.15, 0.2) is 212 Å². The molecule has 0 radical (unpaired) electrons. The fourth-order valence-electron chi connectivity index (χ4n) is 8.25. The molecular weight excluding hydrogens is 691 g/mol. The highest BCUT2D eigenvalue weighted by Gasteiger charge is 2.18. The lowest BCUT2D eigenvalue weighted by Gasteiger charge is -2.26. The molecule has 0 unspecified atom stereocenters. The Morgan fingerprint density at radius 3 is 1.39 bits per heavy atom. The summed E-state index contributed by atoms with van der Waals surface area (Å²) in [5, 5.41) is 17.0. The van der Waals surface area contributed by atoms with Gasteiger partial charge in [0, 0.05) is 28.8 Å². The van der Waals surface area contributed by atoms with Crippen molar-refractivity contribution in [2.45, 2.75) is 0 Å². The third-order valence-corrected chi connectivity index (χ3v) is 11.0. The summed E-state index contributed by atoms with van der Waals surface area (Å²) >= 11 is 0. The van der Waals surface area contributed by atoms with Gasteiger partial charge in [-0.05, 0) is 126 Å². The van der Waals surface area contributed by atoms with Crippen LogP contribution in [0, 0.1) is 11.3 Å². The second-order valence-electron chi connectivity index (χ2n) is 14.2. The quantitative estimate of drug-likeness (QED) is 0.154. The van der Waals surface area contributed by atoms with E-state index in [-0.39, 0.29) is 0 Å². The van der Waals surface area contributed by atoms with Gasteiger partial charge in [-0.2, -0.15) is 5.26 Å². The second-order valence-corrected chi connectivity index (χ2v) is 14.2. The number of pyridine rings is 1. The predicted molar refractivity (Wildman–Crippen MR) is 238 cm³/mol. The highest BCUT2D eigenvalue weighted by atomic mass is 15.1. The van der Waals surface area contributed by atoms with Crippen molar-refractivity contribution in [2.75, 3.05) is 4.90 Å². The van der Waals surface area contributed by atoms with E-state index in [1.54, 1.807) is 0 Å². The van der Waals surface area contributed by atoms with Crippen LogP contribution in [0.1, 0.15) is 5.56 Å². The minimum Gasteiger partial charge on any atom is -0.311 e. The maximum atomic E-state index is 9.47. The van der Waals surface area contributed by atoms with Crippen LogP contribution in [-0.2, 0) is 0 Å². The van der Waals surface area contributed by atoms with Crippen molar-refractivity contribution in [3.63, 3.8) is 0 Å². The van der Waals surface area contributed by atoms with E-state index in [4.69, 9.17) is 0 Å². The first-order valence-corrected chi connectivity index (χ1v) is 19.2. The minimum atomic E-state index is 0.629. The van der Waals surface area contributed by atoms with Gasteiger partial charge in [0.25, 0.3) is 0 Å². The predicted octanol–water partition coefficient (Wildman–Crippen LogP) is 14.6. The van der Waals surface area contributed by atoms with Gasteiger partial charge in [-0.15, -0.1) is 0 Å². The van der Waals surface area contributed by atoms with Gasteiger partial charge in [-0.1, -0.05) is 146 Å². The molecule has 266 valence electrons. The molecule has 10 rings (SSSR count). The Morgan fingerprint density at radius 2 is 0.825 bits per heavy atom. The van der Waals surface area contributed by atoms with E-state index in [1.807, 2.05) is 48.7 Å². The molecule has 0 fully saturated rings. The van der Waals surface area contributed by atoms with Crippen molar-refractivity contribution >= 4 is 49.4 Å². The third kappa shape index (κ3) is 6.16. The molecule has 0 aliphatic carbocycles.